The van der Waals surface area contributed by atoms with Crippen molar-refractivity contribution in [3.8, 4) is 11.4 Å². The van der Waals surface area contributed by atoms with Gasteiger partial charge in [0.05, 0.1) is 10.0 Å². The number of halogens is 2. The van der Waals surface area contributed by atoms with Crippen LogP contribution in [0.2, 0.25) is 10.0 Å². The molecule has 66 valence electrons. The number of hydrogen-bond acceptors (Lipinski definition) is 1. The molecule has 0 aliphatic heterocycles. The van der Waals surface area contributed by atoms with E-state index in [9.17, 15) is 0 Å². The SMILES string of the molecule is Clc1cccc(-c2ncc[nH]2)c1Cl. The van der Waals surface area contributed by atoms with Gasteiger partial charge < -0.3 is 4.98 Å². The smallest absolute Gasteiger partial charge is 0.138 e. The zero-order valence-corrected chi connectivity index (χ0v) is 8.10. The van der Waals surface area contributed by atoms with Crippen molar-refractivity contribution < 1.29 is 0 Å². The van der Waals surface area contributed by atoms with Gasteiger partial charge in [0, 0.05) is 18.0 Å². The van der Waals surface area contributed by atoms with Gasteiger partial charge in [-0.25, -0.2) is 4.98 Å². The fourth-order valence-corrected chi connectivity index (χ4v) is 1.49. The van der Waals surface area contributed by atoms with E-state index >= 15 is 0 Å². The van der Waals surface area contributed by atoms with Crippen molar-refractivity contribution in [3.05, 3.63) is 40.6 Å². The molecule has 2 nitrogen and oxygen atoms in total. The Balaban J connectivity index is 2.59. The Morgan fingerprint density at radius 3 is 2.77 bits per heavy atom. The second-order valence-electron chi connectivity index (χ2n) is 2.54. The second kappa shape index (κ2) is 3.40. The summed E-state index contributed by atoms with van der Waals surface area (Å²) in [6.07, 6.45) is 3.42. The quantitative estimate of drug-likeness (QED) is 0.772. The minimum Gasteiger partial charge on any atom is -0.345 e. The van der Waals surface area contributed by atoms with Crippen molar-refractivity contribution in [3.63, 3.8) is 0 Å². The molecule has 1 aromatic heterocycles. The second-order valence-corrected chi connectivity index (χ2v) is 3.32. The molecule has 13 heavy (non-hydrogen) atoms. The summed E-state index contributed by atoms with van der Waals surface area (Å²) < 4.78 is 0. The van der Waals surface area contributed by atoms with E-state index in [0.29, 0.717) is 10.0 Å². The van der Waals surface area contributed by atoms with Crippen molar-refractivity contribution in [2.45, 2.75) is 0 Å². The van der Waals surface area contributed by atoms with E-state index in [2.05, 4.69) is 9.97 Å². The molecule has 2 aromatic rings. The van der Waals surface area contributed by atoms with Gasteiger partial charge >= 0.3 is 0 Å². The lowest BCUT2D eigenvalue weighted by Crippen LogP contribution is -1.82. The highest BCUT2D eigenvalue weighted by molar-refractivity contribution is 6.43. The number of nitrogens with zero attached hydrogens (tertiary/aromatic N) is 1. The van der Waals surface area contributed by atoms with E-state index in [1.54, 1.807) is 18.5 Å². The van der Waals surface area contributed by atoms with Gasteiger partial charge in [-0.1, -0.05) is 29.3 Å². The van der Waals surface area contributed by atoms with Gasteiger partial charge in [0.1, 0.15) is 5.82 Å². The minimum absolute atomic E-state index is 0.527. The van der Waals surface area contributed by atoms with Crippen molar-refractivity contribution in [1.82, 2.24) is 9.97 Å². The van der Waals surface area contributed by atoms with Crippen LogP contribution in [0.5, 0.6) is 0 Å². The van der Waals surface area contributed by atoms with Gasteiger partial charge in [-0.2, -0.15) is 0 Å². The predicted octanol–water partition coefficient (Wildman–Crippen LogP) is 3.38. The molecule has 1 aromatic carbocycles. The summed E-state index contributed by atoms with van der Waals surface area (Å²) in [5.74, 6) is 0.729. The lowest BCUT2D eigenvalue weighted by Gasteiger charge is -2.01. The third-order valence-corrected chi connectivity index (χ3v) is 2.52. The molecule has 1 N–H and O–H groups in total. The fraction of sp³-hybridized carbons (Fsp3) is 0. The summed E-state index contributed by atoms with van der Waals surface area (Å²) >= 11 is 11.8. The Morgan fingerprint density at radius 2 is 2.08 bits per heavy atom. The zero-order chi connectivity index (χ0) is 9.26. The first-order valence-electron chi connectivity index (χ1n) is 3.73. The summed E-state index contributed by atoms with van der Waals surface area (Å²) in [4.78, 5) is 7.06. The lowest BCUT2D eigenvalue weighted by atomic mass is 10.2. The largest absolute Gasteiger partial charge is 0.345 e. The van der Waals surface area contributed by atoms with Crippen LogP contribution >= 0.6 is 23.2 Å². The van der Waals surface area contributed by atoms with Crippen LogP contribution in [-0.2, 0) is 0 Å². The first-order chi connectivity index (χ1) is 6.29. The topological polar surface area (TPSA) is 28.7 Å². The maximum absolute atomic E-state index is 5.99. The summed E-state index contributed by atoms with van der Waals surface area (Å²) in [6.45, 7) is 0. The molecule has 0 bridgehead atoms. The molecule has 0 spiro atoms. The highest BCUT2D eigenvalue weighted by Crippen LogP contribution is 2.31. The molecule has 0 fully saturated rings. The molecule has 0 aliphatic rings. The van der Waals surface area contributed by atoms with Crippen molar-refractivity contribution in [2.75, 3.05) is 0 Å². The van der Waals surface area contributed by atoms with Gasteiger partial charge in [-0.05, 0) is 12.1 Å². The van der Waals surface area contributed by atoms with E-state index in [0.717, 1.165) is 11.4 Å². The average Bonchev–Trinajstić information content (AvgIpc) is 2.62. The molecule has 2 rings (SSSR count). The normalized spacial score (nSPS) is 10.3. The highest BCUT2D eigenvalue weighted by Gasteiger charge is 2.07. The van der Waals surface area contributed by atoms with Crippen LogP contribution in [0.15, 0.2) is 30.6 Å². The molecular formula is C9H6Cl2N2. The molecule has 0 unspecified atom stereocenters. The Bertz CT molecular complexity index is 410. The van der Waals surface area contributed by atoms with Crippen LogP contribution in [0.1, 0.15) is 0 Å². The van der Waals surface area contributed by atoms with Gasteiger partial charge in [0.25, 0.3) is 0 Å². The number of imidazole rings is 1. The summed E-state index contributed by atoms with van der Waals surface area (Å²) in [5, 5.41) is 1.06. The molecule has 0 saturated carbocycles. The molecular weight excluding hydrogens is 207 g/mol. The van der Waals surface area contributed by atoms with Crippen LogP contribution < -0.4 is 0 Å². The lowest BCUT2D eigenvalue weighted by molar-refractivity contribution is 1.31. The van der Waals surface area contributed by atoms with Crippen LogP contribution in [0.25, 0.3) is 11.4 Å². The van der Waals surface area contributed by atoms with Crippen LogP contribution in [0, 0.1) is 0 Å². The number of benzene rings is 1. The number of nitrogens with one attached hydrogen (secondary N) is 1. The van der Waals surface area contributed by atoms with Crippen molar-refractivity contribution in [1.29, 1.82) is 0 Å². The predicted molar refractivity (Wildman–Crippen MR) is 54.0 cm³/mol. The number of aromatic nitrogens is 2. The average molecular weight is 213 g/mol. The van der Waals surface area contributed by atoms with E-state index in [1.165, 1.54) is 0 Å². The number of H-pyrrole nitrogens is 1. The number of rotatable bonds is 1. The van der Waals surface area contributed by atoms with Crippen LogP contribution in [0.4, 0.5) is 0 Å². The summed E-state index contributed by atoms with van der Waals surface area (Å²) in [5.41, 5.74) is 0.819. The first-order valence-corrected chi connectivity index (χ1v) is 4.48. The maximum Gasteiger partial charge on any atom is 0.138 e. The monoisotopic (exact) mass is 212 g/mol. The number of aromatic amines is 1. The van der Waals surface area contributed by atoms with E-state index in [4.69, 9.17) is 23.2 Å². The fourth-order valence-electron chi connectivity index (χ4n) is 1.10. The number of hydrogen-bond donors (Lipinski definition) is 1. The molecule has 0 aliphatic carbocycles. The Kier molecular flexibility index (Phi) is 2.25. The molecule has 0 amide bonds. The van der Waals surface area contributed by atoms with Crippen molar-refractivity contribution in [2.24, 2.45) is 0 Å². The summed E-state index contributed by atoms with van der Waals surface area (Å²) in [7, 11) is 0. The van der Waals surface area contributed by atoms with Gasteiger partial charge in [-0.3, -0.25) is 0 Å². The zero-order valence-electron chi connectivity index (χ0n) is 6.59. The molecule has 0 saturated heterocycles. The first kappa shape index (κ1) is 8.60. The van der Waals surface area contributed by atoms with Crippen LogP contribution in [-0.4, -0.2) is 9.97 Å². The van der Waals surface area contributed by atoms with Gasteiger partial charge in [-0.15, -0.1) is 0 Å². The molecule has 4 heteroatoms. The maximum atomic E-state index is 5.99. The van der Waals surface area contributed by atoms with E-state index in [-0.39, 0.29) is 0 Å². The van der Waals surface area contributed by atoms with Crippen molar-refractivity contribution >= 4 is 23.2 Å². The van der Waals surface area contributed by atoms with Gasteiger partial charge in [0.2, 0.25) is 0 Å². The molecule has 1 heterocycles. The minimum atomic E-state index is 0.527. The highest BCUT2D eigenvalue weighted by atomic mass is 35.5. The standard InChI is InChI=1S/C9H6Cl2N2/c10-7-3-1-2-6(8(7)11)9-12-4-5-13-9/h1-5H,(H,12,13). The van der Waals surface area contributed by atoms with Gasteiger partial charge in [0.15, 0.2) is 0 Å². The van der Waals surface area contributed by atoms with Crippen LogP contribution in [0.3, 0.4) is 0 Å². The Morgan fingerprint density at radius 1 is 1.23 bits per heavy atom. The van der Waals surface area contributed by atoms with E-state index in [1.807, 2.05) is 12.1 Å². The Hall–Kier alpha value is -0.990. The molecule has 0 radical (unpaired) electrons. The third-order valence-electron chi connectivity index (χ3n) is 1.70. The Labute approximate surface area is 85.5 Å². The summed E-state index contributed by atoms with van der Waals surface area (Å²) in [6, 6.07) is 5.45. The third kappa shape index (κ3) is 1.55. The molecule has 0 atom stereocenters. The van der Waals surface area contributed by atoms with E-state index < -0.39 is 0 Å².